The third kappa shape index (κ3) is 3.14. The normalized spacial score (nSPS) is 15.0. The Morgan fingerprint density at radius 2 is 1.77 bits per heavy atom. The summed E-state index contributed by atoms with van der Waals surface area (Å²) in [5, 5.41) is 0.242. The van der Waals surface area contributed by atoms with Gasteiger partial charge in [-0.15, -0.1) is 0 Å². The number of nitrogen functional groups attached to an aromatic ring is 1. The lowest BCUT2D eigenvalue weighted by molar-refractivity contribution is 0.0741. The molecule has 3 rings (SSSR count). The fourth-order valence-electron chi connectivity index (χ4n) is 2.59. The zero-order chi connectivity index (χ0) is 15.5. The summed E-state index contributed by atoms with van der Waals surface area (Å²) in [6.45, 7) is 2.90. The van der Waals surface area contributed by atoms with Crippen LogP contribution in [0, 0.1) is 0 Å². The molecule has 2 N–H and O–H groups in total. The number of anilines is 2. The smallest absolute Gasteiger partial charge is 0.272 e. The van der Waals surface area contributed by atoms with E-state index in [0.717, 1.165) is 13.1 Å². The van der Waals surface area contributed by atoms with Gasteiger partial charge in [-0.3, -0.25) is 4.79 Å². The number of piperazine rings is 1. The van der Waals surface area contributed by atoms with Crippen molar-refractivity contribution in [3.63, 3.8) is 0 Å². The van der Waals surface area contributed by atoms with Gasteiger partial charge in [0.2, 0.25) is 0 Å². The van der Waals surface area contributed by atoms with E-state index >= 15 is 0 Å². The quantitative estimate of drug-likeness (QED) is 0.863. The van der Waals surface area contributed by atoms with Crippen LogP contribution in [0.3, 0.4) is 0 Å². The SMILES string of the molecule is Nc1cc(Cl)nc(C(=O)N2CCN(c3ccccc3)CC2)c1. The number of aromatic nitrogens is 1. The summed E-state index contributed by atoms with van der Waals surface area (Å²) in [5.74, 6) is -0.123. The van der Waals surface area contributed by atoms with Crippen LogP contribution in [0.2, 0.25) is 5.15 Å². The molecule has 0 unspecified atom stereocenters. The Hall–Kier alpha value is -2.27. The number of hydrogen-bond donors (Lipinski definition) is 1. The van der Waals surface area contributed by atoms with Crippen LogP contribution >= 0.6 is 11.6 Å². The molecular weight excluding hydrogens is 300 g/mol. The van der Waals surface area contributed by atoms with Crippen LogP contribution in [0.5, 0.6) is 0 Å². The molecule has 5 nitrogen and oxygen atoms in total. The summed E-state index contributed by atoms with van der Waals surface area (Å²) >= 11 is 5.87. The number of pyridine rings is 1. The molecular formula is C16H17ClN4O. The summed E-state index contributed by atoms with van der Waals surface area (Å²) in [4.78, 5) is 20.6. The fraction of sp³-hybridized carbons (Fsp3) is 0.250. The Balaban J connectivity index is 1.67. The molecule has 1 fully saturated rings. The summed E-state index contributed by atoms with van der Waals surface area (Å²) in [6.07, 6.45) is 0. The van der Waals surface area contributed by atoms with E-state index in [-0.39, 0.29) is 11.1 Å². The average molecular weight is 317 g/mol. The van der Waals surface area contributed by atoms with Crippen LogP contribution in [0.25, 0.3) is 0 Å². The van der Waals surface area contributed by atoms with Crippen LogP contribution in [-0.2, 0) is 0 Å². The van der Waals surface area contributed by atoms with Gasteiger partial charge in [0, 0.05) is 37.6 Å². The molecule has 1 aliphatic rings. The van der Waals surface area contributed by atoms with Crippen molar-refractivity contribution in [3.05, 3.63) is 53.3 Å². The minimum absolute atomic E-state index is 0.123. The van der Waals surface area contributed by atoms with E-state index in [1.807, 2.05) is 18.2 Å². The number of nitrogens with two attached hydrogens (primary N) is 1. The number of rotatable bonds is 2. The van der Waals surface area contributed by atoms with Gasteiger partial charge in [-0.05, 0) is 24.3 Å². The minimum atomic E-state index is -0.123. The summed E-state index contributed by atoms with van der Waals surface area (Å²) in [6, 6.07) is 13.3. The summed E-state index contributed by atoms with van der Waals surface area (Å²) in [7, 11) is 0. The fourth-order valence-corrected chi connectivity index (χ4v) is 2.81. The van der Waals surface area contributed by atoms with Crippen LogP contribution in [-0.4, -0.2) is 42.0 Å². The van der Waals surface area contributed by atoms with Crippen molar-refractivity contribution >= 4 is 28.9 Å². The molecule has 0 spiro atoms. The first-order valence-corrected chi connectivity index (χ1v) is 7.53. The Morgan fingerprint density at radius 1 is 1.09 bits per heavy atom. The second kappa shape index (κ2) is 6.23. The number of benzene rings is 1. The lowest BCUT2D eigenvalue weighted by atomic mass is 10.2. The van der Waals surface area contributed by atoms with E-state index in [1.54, 1.807) is 11.0 Å². The summed E-state index contributed by atoms with van der Waals surface area (Å²) < 4.78 is 0. The van der Waals surface area contributed by atoms with Gasteiger partial charge in [0.1, 0.15) is 10.8 Å². The van der Waals surface area contributed by atoms with Crippen LogP contribution in [0.1, 0.15) is 10.5 Å². The molecule has 114 valence electrons. The Bertz CT molecular complexity index is 649. The van der Waals surface area contributed by atoms with Crippen molar-refractivity contribution in [2.45, 2.75) is 0 Å². The molecule has 6 heteroatoms. The number of carbonyl (C=O) groups is 1. The minimum Gasteiger partial charge on any atom is -0.399 e. The van der Waals surface area contributed by atoms with Gasteiger partial charge in [0.25, 0.3) is 5.91 Å². The van der Waals surface area contributed by atoms with Gasteiger partial charge < -0.3 is 15.5 Å². The van der Waals surface area contributed by atoms with Crippen molar-refractivity contribution < 1.29 is 4.79 Å². The number of para-hydroxylation sites is 1. The molecule has 0 radical (unpaired) electrons. The molecule has 1 aromatic heterocycles. The predicted octanol–water partition coefficient (Wildman–Crippen LogP) is 2.28. The molecule has 0 aliphatic carbocycles. The first kappa shape index (κ1) is 14.7. The maximum Gasteiger partial charge on any atom is 0.272 e. The largest absolute Gasteiger partial charge is 0.399 e. The number of hydrogen-bond acceptors (Lipinski definition) is 4. The standard InChI is InChI=1S/C16H17ClN4O/c17-15-11-12(18)10-14(19-15)16(22)21-8-6-20(7-9-21)13-4-2-1-3-5-13/h1-5,10-11H,6-9H2,(H2,18,19). The van der Waals surface area contributed by atoms with E-state index in [1.165, 1.54) is 11.8 Å². The van der Waals surface area contributed by atoms with Crippen molar-refractivity contribution in [1.82, 2.24) is 9.88 Å². The molecule has 0 saturated carbocycles. The van der Waals surface area contributed by atoms with Crippen LogP contribution < -0.4 is 10.6 Å². The first-order chi connectivity index (χ1) is 10.6. The third-order valence-electron chi connectivity index (χ3n) is 3.72. The monoisotopic (exact) mass is 316 g/mol. The molecule has 0 bridgehead atoms. The lowest BCUT2D eigenvalue weighted by Gasteiger charge is -2.36. The number of amides is 1. The average Bonchev–Trinajstić information content (AvgIpc) is 2.54. The Kier molecular flexibility index (Phi) is 4.15. The lowest BCUT2D eigenvalue weighted by Crippen LogP contribution is -2.49. The maximum absolute atomic E-state index is 12.5. The van der Waals surface area contributed by atoms with Crippen molar-refractivity contribution in [2.75, 3.05) is 36.8 Å². The van der Waals surface area contributed by atoms with Crippen LogP contribution in [0.15, 0.2) is 42.5 Å². The van der Waals surface area contributed by atoms with E-state index in [0.29, 0.717) is 24.5 Å². The van der Waals surface area contributed by atoms with Crippen molar-refractivity contribution in [3.8, 4) is 0 Å². The highest BCUT2D eigenvalue weighted by atomic mass is 35.5. The van der Waals surface area contributed by atoms with Crippen LogP contribution in [0.4, 0.5) is 11.4 Å². The molecule has 1 amide bonds. The highest BCUT2D eigenvalue weighted by Crippen LogP contribution is 2.18. The van der Waals surface area contributed by atoms with Gasteiger partial charge in [0.15, 0.2) is 0 Å². The Morgan fingerprint density at radius 3 is 2.41 bits per heavy atom. The van der Waals surface area contributed by atoms with E-state index < -0.39 is 0 Å². The highest BCUT2D eigenvalue weighted by Gasteiger charge is 2.23. The Labute approximate surface area is 134 Å². The zero-order valence-corrected chi connectivity index (χ0v) is 12.8. The van der Waals surface area contributed by atoms with Gasteiger partial charge in [-0.25, -0.2) is 4.98 Å². The zero-order valence-electron chi connectivity index (χ0n) is 12.1. The van der Waals surface area contributed by atoms with Crippen molar-refractivity contribution in [1.29, 1.82) is 0 Å². The number of carbonyl (C=O) groups excluding carboxylic acids is 1. The van der Waals surface area contributed by atoms with Gasteiger partial charge in [-0.2, -0.15) is 0 Å². The molecule has 1 saturated heterocycles. The first-order valence-electron chi connectivity index (χ1n) is 7.16. The summed E-state index contributed by atoms with van der Waals surface area (Å²) in [5.41, 5.74) is 7.66. The number of nitrogens with zero attached hydrogens (tertiary/aromatic N) is 3. The van der Waals surface area contributed by atoms with E-state index in [4.69, 9.17) is 17.3 Å². The van der Waals surface area contributed by atoms with Gasteiger partial charge in [-0.1, -0.05) is 29.8 Å². The molecule has 0 atom stereocenters. The van der Waals surface area contributed by atoms with Gasteiger partial charge >= 0.3 is 0 Å². The molecule has 22 heavy (non-hydrogen) atoms. The van der Waals surface area contributed by atoms with E-state index in [2.05, 4.69) is 22.0 Å². The highest BCUT2D eigenvalue weighted by molar-refractivity contribution is 6.29. The second-order valence-electron chi connectivity index (χ2n) is 5.22. The maximum atomic E-state index is 12.5. The van der Waals surface area contributed by atoms with Crippen molar-refractivity contribution in [2.24, 2.45) is 0 Å². The van der Waals surface area contributed by atoms with E-state index in [9.17, 15) is 4.79 Å². The molecule has 1 aliphatic heterocycles. The second-order valence-corrected chi connectivity index (χ2v) is 5.61. The third-order valence-corrected chi connectivity index (χ3v) is 3.92. The van der Waals surface area contributed by atoms with Gasteiger partial charge in [0.05, 0.1) is 0 Å². The molecule has 2 heterocycles. The predicted molar refractivity (Wildman–Crippen MR) is 88.2 cm³/mol. The molecule has 2 aromatic rings. The molecule has 1 aromatic carbocycles. The topological polar surface area (TPSA) is 62.5 Å². The number of halogens is 1.